The second kappa shape index (κ2) is 5.50. The van der Waals surface area contributed by atoms with Crippen LogP contribution in [0.5, 0.6) is 0 Å². The van der Waals surface area contributed by atoms with Gasteiger partial charge in [-0.25, -0.2) is 0 Å². The number of Topliss-reactive ketones (excluding diaryl/α,β-unsaturated/α-hetero) is 1. The van der Waals surface area contributed by atoms with E-state index in [0.29, 0.717) is 12.3 Å². The van der Waals surface area contributed by atoms with Crippen LogP contribution in [0.25, 0.3) is 0 Å². The number of rotatable bonds is 7. The zero-order valence-electron chi connectivity index (χ0n) is 9.75. The van der Waals surface area contributed by atoms with E-state index in [2.05, 4.69) is 11.8 Å². The van der Waals surface area contributed by atoms with Crippen LogP contribution >= 0.6 is 0 Å². The molecule has 0 saturated heterocycles. The summed E-state index contributed by atoms with van der Waals surface area (Å²) in [6, 6.07) is 0.726. The minimum absolute atomic E-state index is 0.192. The average molecular weight is 197 g/mol. The van der Waals surface area contributed by atoms with Gasteiger partial charge in [-0.1, -0.05) is 27.2 Å². The second-order valence-corrected chi connectivity index (χ2v) is 4.68. The Morgan fingerprint density at radius 2 is 2.07 bits per heavy atom. The van der Waals surface area contributed by atoms with Crippen LogP contribution in [-0.2, 0) is 4.79 Å². The smallest absolute Gasteiger partial charge is 0.149 e. The third-order valence-corrected chi connectivity index (χ3v) is 2.87. The van der Waals surface area contributed by atoms with Gasteiger partial charge >= 0.3 is 0 Å². The highest BCUT2D eigenvalue weighted by Crippen LogP contribution is 2.27. The lowest BCUT2D eigenvalue weighted by molar-refractivity contribution is -0.123. The van der Waals surface area contributed by atoms with E-state index in [0.717, 1.165) is 12.6 Å². The van der Waals surface area contributed by atoms with E-state index in [1.807, 2.05) is 13.8 Å². The molecule has 0 aromatic carbocycles. The Bertz CT molecular complexity index is 185. The first-order valence-electron chi connectivity index (χ1n) is 5.92. The van der Waals surface area contributed by atoms with Gasteiger partial charge in [-0.05, 0) is 25.8 Å². The van der Waals surface area contributed by atoms with Gasteiger partial charge in [0.15, 0.2) is 0 Å². The topological polar surface area (TPSA) is 20.3 Å². The fourth-order valence-electron chi connectivity index (χ4n) is 1.57. The van der Waals surface area contributed by atoms with Crippen molar-refractivity contribution in [1.82, 2.24) is 4.90 Å². The van der Waals surface area contributed by atoms with Crippen LogP contribution in [0.4, 0.5) is 0 Å². The molecule has 0 spiro atoms. The molecule has 0 heterocycles. The molecule has 0 unspecified atom stereocenters. The molecule has 2 heteroatoms. The molecule has 0 aliphatic heterocycles. The van der Waals surface area contributed by atoms with Crippen molar-refractivity contribution >= 4 is 5.78 Å². The Hall–Kier alpha value is -0.370. The fourth-order valence-corrected chi connectivity index (χ4v) is 1.57. The van der Waals surface area contributed by atoms with E-state index in [-0.39, 0.29) is 5.92 Å². The van der Waals surface area contributed by atoms with Crippen LogP contribution < -0.4 is 0 Å². The zero-order chi connectivity index (χ0) is 10.6. The molecule has 1 aliphatic rings. The molecule has 0 amide bonds. The van der Waals surface area contributed by atoms with Gasteiger partial charge in [0, 0.05) is 12.0 Å². The third kappa shape index (κ3) is 3.79. The van der Waals surface area contributed by atoms with Crippen molar-refractivity contribution in [2.75, 3.05) is 13.1 Å². The minimum Gasteiger partial charge on any atom is -0.298 e. The highest BCUT2D eigenvalue weighted by molar-refractivity contribution is 5.82. The molecule has 0 radical (unpaired) electrons. The van der Waals surface area contributed by atoms with Crippen LogP contribution in [0.15, 0.2) is 0 Å². The van der Waals surface area contributed by atoms with Crippen molar-refractivity contribution in [3.8, 4) is 0 Å². The van der Waals surface area contributed by atoms with Crippen molar-refractivity contribution in [3.63, 3.8) is 0 Å². The third-order valence-electron chi connectivity index (χ3n) is 2.87. The molecule has 14 heavy (non-hydrogen) atoms. The lowest BCUT2D eigenvalue weighted by Crippen LogP contribution is -2.34. The Balaban J connectivity index is 2.31. The molecular formula is C12H23NO. The highest BCUT2D eigenvalue weighted by Gasteiger charge is 2.29. The van der Waals surface area contributed by atoms with Gasteiger partial charge in [0.05, 0.1) is 6.54 Å². The Morgan fingerprint density at radius 1 is 1.43 bits per heavy atom. The van der Waals surface area contributed by atoms with Gasteiger partial charge in [0.25, 0.3) is 0 Å². The van der Waals surface area contributed by atoms with Crippen molar-refractivity contribution < 1.29 is 4.79 Å². The number of carbonyl (C=O) groups is 1. The number of hydrogen-bond acceptors (Lipinski definition) is 2. The maximum absolute atomic E-state index is 11.6. The summed E-state index contributed by atoms with van der Waals surface area (Å²) in [5.74, 6) is 0.589. The number of carbonyl (C=O) groups excluding carboxylic acids is 1. The summed E-state index contributed by atoms with van der Waals surface area (Å²) in [4.78, 5) is 14.0. The van der Waals surface area contributed by atoms with Crippen LogP contribution in [0.2, 0.25) is 0 Å². The van der Waals surface area contributed by atoms with Crippen molar-refractivity contribution in [3.05, 3.63) is 0 Å². The summed E-state index contributed by atoms with van der Waals surface area (Å²) in [6.07, 6.45) is 5.05. The SMILES string of the molecule is CCCCN(CC(=O)C(C)C)C1CC1. The summed E-state index contributed by atoms with van der Waals surface area (Å²) >= 11 is 0. The van der Waals surface area contributed by atoms with Gasteiger partial charge in [-0.2, -0.15) is 0 Å². The Kier molecular flexibility index (Phi) is 4.59. The van der Waals surface area contributed by atoms with Crippen molar-refractivity contribution in [1.29, 1.82) is 0 Å². The van der Waals surface area contributed by atoms with Crippen LogP contribution in [0.1, 0.15) is 46.5 Å². The van der Waals surface area contributed by atoms with Gasteiger partial charge in [0.2, 0.25) is 0 Å². The Morgan fingerprint density at radius 3 is 2.50 bits per heavy atom. The molecule has 0 aromatic heterocycles. The minimum atomic E-state index is 0.192. The quantitative estimate of drug-likeness (QED) is 0.625. The predicted molar refractivity (Wildman–Crippen MR) is 59.3 cm³/mol. The molecule has 0 atom stereocenters. The normalized spacial score (nSPS) is 16.6. The molecule has 1 saturated carbocycles. The monoisotopic (exact) mass is 197 g/mol. The van der Waals surface area contributed by atoms with E-state index in [1.54, 1.807) is 0 Å². The van der Waals surface area contributed by atoms with E-state index < -0.39 is 0 Å². The van der Waals surface area contributed by atoms with Gasteiger partial charge < -0.3 is 0 Å². The highest BCUT2D eigenvalue weighted by atomic mass is 16.1. The molecule has 82 valence electrons. The lowest BCUT2D eigenvalue weighted by atomic mass is 10.1. The van der Waals surface area contributed by atoms with Gasteiger partial charge in [-0.3, -0.25) is 9.69 Å². The van der Waals surface area contributed by atoms with Crippen LogP contribution in [0, 0.1) is 5.92 Å². The van der Waals surface area contributed by atoms with E-state index >= 15 is 0 Å². The summed E-state index contributed by atoms with van der Waals surface area (Å²) in [5, 5.41) is 0. The largest absolute Gasteiger partial charge is 0.298 e. The first kappa shape index (κ1) is 11.7. The number of ketones is 1. The molecular weight excluding hydrogens is 174 g/mol. The first-order valence-corrected chi connectivity index (χ1v) is 5.92. The van der Waals surface area contributed by atoms with Crippen LogP contribution in [0.3, 0.4) is 0 Å². The van der Waals surface area contributed by atoms with E-state index in [1.165, 1.54) is 25.7 Å². The van der Waals surface area contributed by atoms with Gasteiger partial charge in [-0.15, -0.1) is 0 Å². The molecule has 1 rings (SSSR count). The van der Waals surface area contributed by atoms with E-state index in [4.69, 9.17) is 0 Å². The second-order valence-electron chi connectivity index (χ2n) is 4.68. The maximum Gasteiger partial charge on any atom is 0.149 e. The lowest BCUT2D eigenvalue weighted by Gasteiger charge is -2.21. The molecule has 0 bridgehead atoms. The van der Waals surface area contributed by atoms with Crippen molar-refractivity contribution in [2.24, 2.45) is 5.92 Å². The molecule has 1 aliphatic carbocycles. The summed E-state index contributed by atoms with van der Waals surface area (Å²) < 4.78 is 0. The average Bonchev–Trinajstić information content (AvgIpc) is 2.94. The zero-order valence-corrected chi connectivity index (χ0v) is 9.75. The van der Waals surface area contributed by atoms with Crippen molar-refractivity contribution in [2.45, 2.75) is 52.5 Å². The standard InChI is InChI=1S/C12H23NO/c1-4-5-8-13(11-6-7-11)9-12(14)10(2)3/h10-11H,4-9H2,1-3H3. The summed E-state index contributed by atoms with van der Waals surface area (Å²) in [5.41, 5.74) is 0. The summed E-state index contributed by atoms with van der Waals surface area (Å²) in [6.45, 7) is 7.98. The maximum atomic E-state index is 11.6. The fraction of sp³-hybridized carbons (Fsp3) is 0.917. The number of hydrogen-bond donors (Lipinski definition) is 0. The first-order chi connectivity index (χ1) is 6.65. The Labute approximate surface area is 87.7 Å². The molecule has 1 fully saturated rings. The molecule has 2 nitrogen and oxygen atoms in total. The molecule has 0 N–H and O–H groups in total. The predicted octanol–water partition coefficient (Wildman–Crippen LogP) is 2.48. The van der Waals surface area contributed by atoms with Crippen LogP contribution in [-0.4, -0.2) is 29.8 Å². The van der Waals surface area contributed by atoms with E-state index in [9.17, 15) is 4.79 Å². The molecule has 0 aromatic rings. The number of nitrogens with zero attached hydrogens (tertiary/aromatic N) is 1. The number of unbranched alkanes of at least 4 members (excludes halogenated alkanes) is 1. The van der Waals surface area contributed by atoms with Gasteiger partial charge in [0.1, 0.15) is 5.78 Å². The summed E-state index contributed by atoms with van der Waals surface area (Å²) in [7, 11) is 0.